The molecule has 1 aliphatic heterocycles. The van der Waals surface area contributed by atoms with E-state index in [-0.39, 0.29) is 11.9 Å². The van der Waals surface area contributed by atoms with Crippen molar-refractivity contribution in [3.05, 3.63) is 66.5 Å². The Balaban J connectivity index is 1.85. The van der Waals surface area contributed by atoms with E-state index in [0.29, 0.717) is 0 Å². The van der Waals surface area contributed by atoms with Crippen molar-refractivity contribution in [2.45, 2.75) is 19.4 Å². The van der Waals surface area contributed by atoms with Crippen molar-refractivity contribution in [2.75, 3.05) is 13.6 Å². The van der Waals surface area contributed by atoms with E-state index < -0.39 is 0 Å². The smallest absolute Gasteiger partial charge is 0.245 e. The lowest BCUT2D eigenvalue weighted by Crippen LogP contribution is -2.24. The molecule has 3 heterocycles. The van der Waals surface area contributed by atoms with Crippen LogP contribution in [-0.2, 0) is 4.79 Å². The lowest BCUT2D eigenvalue weighted by molar-refractivity contribution is -0.129. The molecule has 5 heteroatoms. The fourth-order valence-corrected chi connectivity index (χ4v) is 3.51. The Morgan fingerprint density at radius 2 is 2.04 bits per heavy atom. The third-order valence-electron chi connectivity index (χ3n) is 4.85. The Hall–Kier alpha value is -3.08. The molecular weight excluding hydrogens is 326 g/mol. The maximum Gasteiger partial charge on any atom is 0.245 e. The normalized spacial score (nSPS) is 17.9. The van der Waals surface area contributed by atoms with Crippen LogP contribution in [0.15, 0.2) is 59.5 Å². The van der Waals surface area contributed by atoms with Crippen LogP contribution in [0.2, 0.25) is 0 Å². The first-order valence-corrected chi connectivity index (χ1v) is 8.74. The summed E-state index contributed by atoms with van der Waals surface area (Å²) < 4.78 is 7.49. The number of hydrogen-bond donors (Lipinski definition) is 0. The molecule has 1 amide bonds. The van der Waals surface area contributed by atoms with Gasteiger partial charge >= 0.3 is 0 Å². The van der Waals surface area contributed by atoms with Crippen LogP contribution in [0.4, 0.5) is 0 Å². The number of hydrogen-bond acceptors (Lipinski definition) is 3. The molecule has 1 saturated heterocycles. The molecule has 0 bridgehead atoms. The summed E-state index contributed by atoms with van der Waals surface area (Å²) in [7, 11) is 1.85. The summed E-state index contributed by atoms with van der Waals surface area (Å²) in [6.07, 6.45) is 6.23. The third-order valence-corrected chi connectivity index (χ3v) is 4.85. The van der Waals surface area contributed by atoms with Crippen LogP contribution in [0, 0.1) is 0 Å². The summed E-state index contributed by atoms with van der Waals surface area (Å²) in [5.41, 5.74) is 3.89. The molecule has 1 fully saturated rings. The number of aromatic nitrogens is 2. The number of rotatable bonds is 4. The van der Waals surface area contributed by atoms with Crippen LogP contribution in [0.1, 0.15) is 30.8 Å². The van der Waals surface area contributed by atoms with Gasteiger partial charge in [0, 0.05) is 19.2 Å². The molecule has 1 aliphatic rings. The van der Waals surface area contributed by atoms with Gasteiger partial charge in [-0.3, -0.25) is 4.79 Å². The van der Waals surface area contributed by atoms with Crippen LogP contribution in [0.25, 0.3) is 22.9 Å². The second kappa shape index (κ2) is 6.67. The molecule has 0 unspecified atom stereocenters. The molecular formula is C21H21N3O2. The van der Waals surface area contributed by atoms with Crippen molar-refractivity contribution in [1.82, 2.24) is 14.5 Å². The molecule has 0 N–H and O–H groups in total. The molecule has 132 valence electrons. The van der Waals surface area contributed by atoms with Gasteiger partial charge in [0.05, 0.1) is 24.0 Å². The lowest BCUT2D eigenvalue weighted by atomic mass is 10.0. The molecule has 1 atom stereocenters. The van der Waals surface area contributed by atoms with Crippen LogP contribution in [0.5, 0.6) is 0 Å². The maximum absolute atomic E-state index is 12.6. The highest BCUT2D eigenvalue weighted by Gasteiger charge is 2.33. The van der Waals surface area contributed by atoms with E-state index >= 15 is 0 Å². The van der Waals surface area contributed by atoms with Crippen molar-refractivity contribution < 1.29 is 9.21 Å². The minimum absolute atomic E-state index is 0.133. The number of carbonyl (C=O) groups is 1. The fraction of sp³-hybridized carbons (Fsp3) is 0.238. The van der Waals surface area contributed by atoms with Gasteiger partial charge in [-0.15, -0.1) is 0 Å². The first kappa shape index (κ1) is 16.4. The molecule has 0 aliphatic carbocycles. The van der Waals surface area contributed by atoms with E-state index in [0.717, 1.165) is 41.3 Å². The van der Waals surface area contributed by atoms with E-state index in [2.05, 4.69) is 4.98 Å². The lowest BCUT2D eigenvalue weighted by Gasteiger charge is -2.16. The summed E-state index contributed by atoms with van der Waals surface area (Å²) in [5.74, 6) is 0.915. The van der Waals surface area contributed by atoms with Crippen LogP contribution >= 0.6 is 0 Å². The highest BCUT2D eigenvalue weighted by molar-refractivity contribution is 5.87. The Kier molecular flexibility index (Phi) is 4.21. The summed E-state index contributed by atoms with van der Waals surface area (Å²) in [6, 6.07) is 13.6. The van der Waals surface area contributed by atoms with Crippen molar-refractivity contribution in [3.63, 3.8) is 0 Å². The van der Waals surface area contributed by atoms with Crippen LogP contribution in [0.3, 0.4) is 0 Å². The number of imidazole rings is 1. The minimum Gasteiger partial charge on any atom is -0.465 e. The van der Waals surface area contributed by atoms with Crippen LogP contribution < -0.4 is 0 Å². The number of allylic oxidation sites excluding steroid dienone is 1. The van der Waals surface area contributed by atoms with Crippen LogP contribution in [-0.4, -0.2) is 34.0 Å². The summed E-state index contributed by atoms with van der Waals surface area (Å²) in [6.45, 7) is 2.80. The molecule has 0 radical (unpaired) electrons. The second-order valence-electron chi connectivity index (χ2n) is 6.62. The number of furan rings is 1. The monoisotopic (exact) mass is 347 g/mol. The number of carbonyl (C=O) groups excluding carboxylic acids is 1. The molecule has 3 aromatic rings. The number of likely N-dealkylation sites (N-methyl/N-ethyl adjacent to an activating group) is 1. The Labute approximate surface area is 152 Å². The van der Waals surface area contributed by atoms with Gasteiger partial charge in [0.15, 0.2) is 0 Å². The fourth-order valence-electron chi connectivity index (χ4n) is 3.51. The van der Waals surface area contributed by atoms with E-state index in [9.17, 15) is 4.79 Å². The Morgan fingerprint density at radius 1 is 1.23 bits per heavy atom. The van der Waals surface area contributed by atoms with Gasteiger partial charge in [-0.2, -0.15) is 0 Å². The van der Waals surface area contributed by atoms with Gasteiger partial charge < -0.3 is 13.9 Å². The quantitative estimate of drug-likeness (QED) is 0.714. The summed E-state index contributed by atoms with van der Waals surface area (Å²) in [4.78, 5) is 19.0. The van der Waals surface area contributed by atoms with Gasteiger partial charge in [-0.05, 0) is 37.1 Å². The number of likely N-dealkylation sites (tertiary alicyclic amines) is 1. The highest BCUT2D eigenvalue weighted by atomic mass is 16.3. The molecule has 5 nitrogen and oxygen atoms in total. The summed E-state index contributed by atoms with van der Waals surface area (Å²) in [5, 5.41) is 0. The Morgan fingerprint density at radius 3 is 2.69 bits per heavy atom. The SMILES string of the molecule is C/C(=C\c1ccco1)c1c(-c2ccccc2)ncn1[C@H]1CCN(C)C1=O. The third kappa shape index (κ3) is 2.86. The van der Waals surface area contributed by atoms with E-state index in [1.165, 1.54) is 0 Å². The van der Waals surface area contributed by atoms with Gasteiger partial charge in [-0.25, -0.2) is 4.98 Å². The zero-order chi connectivity index (χ0) is 18.1. The van der Waals surface area contributed by atoms with Gasteiger partial charge in [-0.1, -0.05) is 30.3 Å². The van der Waals surface area contributed by atoms with E-state index in [1.807, 2.05) is 67.1 Å². The first-order chi connectivity index (χ1) is 12.6. The molecule has 26 heavy (non-hydrogen) atoms. The predicted molar refractivity (Wildman–Crippen MR) is 101 cm³/mol. The zero-order valence-electron chi connectivity index (χ0n) is 14.9. The number of nitrogens with zero attached hydrogens (tertiary/aromatic N) is 3. The first-order valence-electron chi connectivity index (χ1n) is 8.74. The topological polar surface area (TPSA) is 51.3 Å². The molecule has 0 spiro atoms. The number of amides is 1. The molecule has 1 aromatic carbocycles. The molecule has 2 aromatic heterocycles. The second-order valence-corrected chi connectivity index (χ2v) is 6.62. The molecule has 4 rings (SSSR count). The van der Waals surface area contributed by atoms with Crippen molar-refractivity contribution in [2.24, 2.45) is 0 Å². The zero-order valence-corrected chi connectivity index (χ0v) is 14.9. The average Bonchev–Trinajstić information content (AvgIpc) is 3.37. The van der Waals surface area contributed by atoms with Crippen molar-refractivity contribution >= 4 is 17.6 Å². The van der Waals surface area contributed by atoms with E-state index in [1.54, 1.807) is 17.5 Å². The summed E-state index contributed by atoms with van der Waals surface area (Å²) >= 11 is 0. The average molecular weight is 347 g/mol. The van der Waals surface area contributed by atoms with E-state index in [4.69, 9.17) is 4.42 Å². The van der Waals surface area contributed by atoms with Gasteiger partial charge in [0.1, 0.15) is 11.8 Å². The van der Waals surface area contributed by atoms with Gasteiger partial charge in [0.25, 0.3) is 0 Å². The maximum atomic E-state index is 12.6. The largest absolute Gasteiger partial charge is 0.465 e. The van der Waals surface area contributed by atoms with Gasteiger partial charge in [0.2, 0.25) is 5.91 Å². The van der Waals surface area contributed by atoms with Crippen molar-refractivity contribution in [1.29, 1.82) is 0 Å². The predicted octanol–water partition coefficient (Wildman–Crippen LogP) is 4.11. The Bertz CT molecular complexity index is 939. The van der Waals surface area contributed by atoms with Crippen molar-refractivity contribution in [3.8, 4) is 11.3 Å². The standard InChI is InChI=1S/C21H21N3O2/c1-15(13-17-9-6-12-26-17)20-19(16-7-4-3-5-8-16)22-14-24(20)18-10-11-23(2)21(18)25/h3-9,12-14,18H,10-11H2,1-2H3/b15-13+/t18-/m0/s1. The molecule has 0 saturated carbocycles. The highest BCUT2D eigenvalue weighted by Crippen LogP contribution is 2.34. The number of benzene rings is 1. The minimum atomic E-state index is -0.208.